The van der Waals surface area contributed by atoms with Gasteiger partial charge in [-0.1, -0.05) is 0 Å². The average Bonchev–Trinajstić information content (AvgIpc) is 3.28. The van der Waals surface area contributed by atoms with Gasteiger partial charge in [0.2, 0.25) is 0 Å². The zero-order chi connectivity index (χ0) is 20.6. The molecule has 1 saturated heterocycles. The number of aryl methyl sites for hydroxylation is 2. The fourth-order valence-corrected chi connectivity index (χ4v) is 4.18. The molecule has 0 aliphatic carbocycles. The third-order valence-electron chi connectivity index (χ3n) is 5.82. The van der Waals surface area contributed by atoms with Gasteiger partial charge < -0.3 is 24.7 Å². The fourth-order valence-electron chi connectivity index (χ4n) is 4.18. The molecule has 3 N–H and O–H groups in total. The fraction of sp³-hybridized carbons (Fsp3) is 0.429. The predicted molar refractivity (Wildman–Crippen MR) is 106 cm³/mol. The molecule has 0 saturated carbocycles. The van der Waals surface area contributed by atoms with Crippen molar-refractivity contribution in [2.75, 3.05) is 19.8 Å². The second kappa shape index (κ2) is 7.53. The van der Waals surface area contributed by atoms with E-state index in [1.807, 2.05) is 19.2 Å². The van der Waals surface area contributed by atoms with E-state index in [2.05, 4.69) is 5.10 Å². The largest absolute Gasteiger partial charge is 0.487 e. The summed E-state index contributed by atoms with van der Waals surface area (Å²) in [6, 6.07) is 5.49. The molecule has 8 nitrogen and oxygen atoms in total. The minimum absolute atomic E-state index is 0.0972. The number of aliphatic hydroxyl groups excluding tert-OH is 1. The molecule has 0 unspecified atom stereocenters. The Morgan fingerprint density at radius 1 is 1.34 bits per heavy atom. The highest BCUT2D eigenvalue weighted by atomic mass is 16.5. The van der Waals surface area contributed by atoms with E-state index in [9.17, 15) is 9.90 Å². The number of furan rings is 1. The summed E-state index contributed by atoms with van der Waals surface area (Å²) in [6.07, 6.45) is 2.92. The smallest absolute Gasteiger partial charge is 0.252 e. The summed E-state index contributed by atoms with van der Waals surface area (Å²) < 4.78 is 19.3. The van der Waals surface area contributed by atoms with Gasteiger partial charge in [-0.15, -0.1) is 0 Å². The van der Waals surface area contributed by atoms with E-state index >= 15 is 0 Å². The predicted octanol–water partition coefficient (Wildman–Crippen LogP) is 2.19. The van der Waals surface area contributed by atoms with Crippen molar-refractivity contribution in [2.45, 2.75) is 31.8 Å². The van der Waals surface area contributed by atoms with E-state index in [1.165, 1.54) is 0 Å². The molecule has 1 fully saturated rings. The SMILES string of the molecule is Cc1oc2ccc(OCc3ccnn3C)c(C3(CO)CCOCC3)c2c1C(N)=O. The molecule has 0 atom stereocenters. The Bertz CT molecular complexity index is 1050. The van der Waals surface area contributed by atoms with Crippen molar-refractivity contribution in [1.82, 2.24) is 9.78 Å². The summed E-state index contributed by atoms with van der Waals surface area (Å²) in [4.78, 5) is 12.2. The minimum Gasteiger partial charge on any atom is -0.487 e. The molecule has 0 bridgehead atoms. The number of nitrogens with zero attached hydrogens (tertiary/aromatic N) is 2. The molecule has 1 aliphatic heterocycles. The number of amides is 1. The maximum absolute atomic E-state index is 12.2. The van der Waals surface area contributed by atoms with Gasteiger partial charge in [-0.25, -0.2) is 0 Å². The molecular weight excluding hydrogens is 374 g/mol. The van der Waals surface area contributed by atoms with Gasteiger partial charge in [0.05, 0.1) is 17.9 Å². The second-order valence-corrected chi connectivity index (χ2v) is 7.49. The number of nitrogens with two attached hydrogens (primary N) is 1. The van der Waals surface area contributed by atoms with E-state index in [-0.39, 0.29) is 6.61 Å². The van der Waals surface area contributed by atoms with Gasteiger partial charge in [0, 0.05) is 42.8 Å². The van der Waals surface area contributed by atoms with Gasteiger partial charge >= 0.3 is 0 Å². The topological polar surface area (TPSA) is 113 Å². The van der Waals surface area contributed by atoms with Crippen molar-refractivity contribution in [2.24, 2.45) is 12.8 Å². The van der Waals surface area contributed by atoms with Crippen LogP contribution in [0.25, 0.3) is 11.0 Å². The molecule has 4 rings (SSSR count). The molecule has 154 valence electrons. The zero-order valence-electron chi connectivity index (χ0n) is 16.6. The average molecular weight is 399 g/mol. The first-order valence-corrected chi connectivity index (χ1v) is 9.61. The van der Waals surface area contributed by atoms with Crippen LogP contribution < -0.4 is 10.5 Å². The molecule has 2 aromatic heterocycles. The highest BCUT2D eigenvalue weighted by molar-refractivity contribution is 6.08. The van der Waals surface area contributed by atoms with Crippen LogP contribution in [0.4, 0.5) is 0 Å². The summed E-state index contributed by atoms with van der Waals surface area (Å²) >= 11 is 0. The van der Waals surface area contributed by atoms with Gasteiger partial charge in [0.1, 0.15) is 23.7 Å². The van der Waals surface area contributed by atoms with Crippen molar-refractivity contribution in [3.63, 3.8) is 0 Å². The first kappa shape index (κ1) is 19.5. The van der Waals surface area contributed by atoms with Crippen molar-refractivity contribution in [3.8, 4) is 5.75 Å². The Balaban J connectivity index is 1.91. The number of ether oxygens (including phenoxy) is 2. The van der Waals surface area contributed by atoms with E-state index in [4.69, 9.17) is 19.6 Å². The number of hydrogen-bond acceptors (Lipinski definition) is 6. The molecular formula is C21H25N3O5. The Morgan fingerprint density at radius 2 is 2.10 bits per heavy atom. The molecule has 0 radical (unpaired) electrons. The van der Waals surface area contributed by atoms with E-state index in [0.717, 1.165) is 11.3 Å². The van der Waals surface area contributed by atoms with Gasteiger partial charge in [-0.3, -0.25) is 9.48 Å². The van der Waals surface area contributed by atoms with Crippen LogP contribution in [0.5, 0.6) is 5.75 Å². The van der Waals surface area contributed by atoms with E-state index in [0.29, 0.717) is 60.7 Å². The number of fused-ring (bicyclic) bond motifs is 1. The molecule has 1 aliphatic rings. The molecule has 3 heterocycles. The molecule has 1 aromatic carbocycles. The second-order valence-electron chi connectivity index (χ2n) is 7.49. The molecule has 3 aromatic rings. The maximum atomic E-state index is 12.2. The summed E-state index contributed by atoms with van der Waals surface area (Å²) in [6.45, 7) is 2.95. The number of hydrogen-bond donors (Lipinski definition) is 2. The number of aliphatic hydroxyl groups is 1. The molecule has 29 heavy (non-hydrogen) atoms. The third kappa shape index (κ3) is 3.28. The van der Waals surface area contributed by atoms with Crippen molar-refractivity contribution < 1.29 is 23.8 Å². The number of primary amides is 1. The van der Waals surface area contributed by atoms with Gasteiger partial charge in [0.25, 0.3) is 5.91 Å². The van der Waals surface area contributed by atoms with Crippen LogP contribution in [0.15, 0.2) is 28.8 Å². The van der Waals surface area contributed by atoms with Gasteiger partial charge in [-0.05, 0) is 38.0 Å². The third-order valence-corrected chi connectivity index (χ3v) is 5.82. The van der Waals surface area contributed by atoms with Crippen LogP contribution in [-0.4, -0.2) is 40.6 Å². The monoisotopic (exact) mass is 399 g/mol. The summed E-state index contributed by atoms with van der Waals surface area (Å²) in [5.74, 6) is 0.488. The maximum Gasteiger partial charge on any atom is 0.252 e. The van der Waals surface area contributed by atoms with E-state index < -0.39 is 11.3 Å². The van der Waals surface area contributed by atoms with Crippen LogP contribution >= 0.6 is 0 Å². The van der Waals surface area contributed by atoms with Crippen LogP contribution in [0.1, 0.15) is 40.2 Å². The lowest BCUT2D eigenvalue weighted by Gasteiger charge is -2.37. The van der Waals surface area contributed by atoms with Gasteiger partial charge in [-0.2, -0.15) is 5.10 Å². The highest BCUT2D eigenvalue weighted by Crippen LogP contribution is 2.46. The van der Waals surface area contributed by atoms with Gasteiger partial charge in [0.15, 0.2) is 0 Å². The Hall–Kier alpha value is -2.84. The van der Waals surface area contributed by atoms with Crippen molar-refractivity contribution in [3.05, 3.63) is 47.0 Å². The number of carbonyl (C=O) groups excluding carboxylic acids is 1. The summed E-state index contributed by atoms with van der Waals surface area (Å²) in [5.41, 5.74) is 7.63. The van der Waals surface area contributed by atoms with Crippen LogP contribution in [0.2, 0.25) is 0 Å². The number of aromatic nitrogens is 2. The Morgan fingerprint density at radius 3 is 2.72 bits per heavy atom. The van der Waals surface area contributed by atoms with Crippen LogP contribution in [0.3, 0.4) is 0 Å². The molecule has 0 spiro atoms. The minimum atomic E-state index is -0.611. The van der Waals surface area contributed by atoms with Crippen LogP contribution in [0, 0.1) is 6.92 Å². The highest BCUT2D eigenvalue weighted by Gasteiger charge is 2.40. The standard InChI is InChI=1S/C21H25N3O5/c1-13-17(20(22)26)18-15(29-13)3-4-16(28-11-14-5-8-23-24(14)2)19(18)21(12-25)6-9-27-10-7-21/h3-5,8,25H,6-7,9-12H2,1-2H3,(H2,22,26). The number of carbonyl (C=O) groups is 1. The van der Waals surface area contributed by atoms with Crippen molar-refractivity contribution >= 4 is 16.9 Å². The molecule has 1 amide bonds. The van der Waals surface area contributed by atoms with E-state index in [1.54, 1.807) is 23.9 Å². The Labute approximate surface area is 168 Å². The quantitative estimate of drug-likeness (QED) is 0.657. The van der Waals surface area contributed by atoms with Crippen molar-refractivity contribution in [1.29, 1.82) is 0 Å². The summed E-state index contributed by atoms with van der Waals surface area (Å²) in [5, 5.41) is 15.2. The number of benzene rings is 1. The Kier molecular flexibility index (Phi) is 5.06. The van der Waals surface area contributed by atoms with Crippen LogP contribution in [-0.2, 0) is 23.8 Å². The first-order chi connectivity index (χ1) is 14.0. The zero-order valence-corrected chi connectivity index (χ0v) is 16.6. The lowest BCUT2D eigenvalue weighted by molar-refractivity contribution is 0.0246. The number of rotatable bonds is 6. The lowest BCUT2D eigenvalue weighted by atomic mass is 9.72. The molecule has 8 heteroatoms. The summed E-state index contributed by atoms with van der Waals surface area (Å²) in [7, 11) is 1.85. The lowest BCUT2D eigenvalue weighted by Crippen LogP contribution is -2.38. The normalized spacial score (nSPS) is 16.2. The first-order valence-electron chi connectivity index (χ1n) is 9.61.